The van der Waals surface area contributed by atoms with Gasteiger partial charge >= 0.3 is 0 Å². The number of H-pyrrole nitrogens is 1. The van der Waals surface area contributed by atoms with Crippen molar-refractivity contribution in [3.8, 4) is 17.5 Å². The highest BCUT2D eigenvalue weighted by atomic mass is 32.2. The van der Waals surface area contributed by atoms with E-state index in [0.29, 0.717) is 16.9 Å². The van der Waals surface area contributed by atoms with Crippen molar-refractivity contribution >= 4 is 20.9 Å². The normalized spacial score (nSPS) is 11.4. The first kappa shape index (κ1) is 13.3. The fourth-order valence-electron chi connectivity index (χ4n) is 2.12. The fourth-order valence-corrected chi connectivity index (χ4v) is 2.75. The van der Waals surface area contributed by atoms with Gasteiger partial charge in [-0.2, -0.15) is 5.26 Å². The van der Waals surface area contributed by atoms with Crippen molar-refractivity contribution in [2.75, 3.05) is 6.26 Å². The second-order valence-corrected chi connectivity index (χ2v) is 6.71. The molecule has 2 aromatic carbocycles. The van der Waals surface area contributed by atoms with E-state index in [2.05, 4.69) is 16.0 Å². The number of nitrogens with one attached hydrogen (secondary N) is 1. The maximum atomic E-state index is 11.4. The largest absolute Gasteiger partial charge is 0.338 e. The van der Waals surface area contributed by atoms with Crippen molar-refractivity contribution in [2.24, 2.45) is 0 Å². The summed E-state index contributed by atoms with van der Waals surface area (Å²) < 4.78 is 22.9. The molecular weight excluding hydrogens is 286 g/mol. The Morgan fingerprint density at radius 1 is 1.14 bits per heavy atom. The predicted molar refractivity (Wildman–Crippen MR) is 79.4 cm³/mol. The lowest BCUT2D eigenvalue weighted by Crippen LogP contribution is -1.96. The van der Waals surface area contributed by atoms with Gasteiger partial charge in [0, 0.05) is 11.8 Å². The predicted octanol–water partition coefficient (Wildman–Crippen LogP) is 2.51. The minimum Gasteiger partial charge on any atom is -0.338 e. The molecule has 1 N–H and O–H groups in total. The summed E-state index contributed by atoms with van der Waals surface area (Å²) in [4.78, 5) is 7.82. The first-order chi connectivity index (χ1) is 9.99. The van der Waals surface area contributed by atoms with Crippen LogP contribution >= 0.6 is 0 Å². The zero-order valence-electron chi connectivity index (χ0n) is 11.2. The zero-order valence-corrected chi connectivity index (χ0v) is 12.0. The van der Waals surface area contributed by atoms with Gasteiger partial charge in [-0.3, -0.25) is 0 Å². The molecule has 5 nitrogen and oxygen atoms in total. The molecule has 0 spiro atoms. The van der Waals surface area contributed by atoms with Crippen molar-refractivity contribution in [2.45, 2.75) is 4.90 Å². The number of nitrogens with zero attached hydrogens (tertiary/aromatic N) is 2. The van der Waals surface area contributed by atoms with Crippen molar-refractivity contribution in [1.29, 1.82) is 5.26 Å². The summed E-state index contributed by atoms with van der Waals surface area (Å²) >= 11 is 0. The number of fused-ring (bicyclic) bond motifs is 1. The molecular formula is C15H11N3O2S. The van der Waals surface area contributed by atoms with Crippen LogP contribution in [0.5, 0.6) is 0 Å². The number of hydrogen-bond donors (Lipinski definition) is 1. The van der Waals surface area contributed by atoms with Crippen LogP contribution in [-0.2, 0) is 9.84 Å². The molecule has 0 saturated carbocycles. The Morgan fingerprint density at radius 3 is 2.48 bits per heavy atom. The fraction of sp³-hybridized carbons (Fsp3) is 0.0667. The molecule has 21 heavy (non-hydrogen) atoms. The molecule has 0 radical (unpaired) electrons. The van der Waals surface area contributed by atoms with Crippen LogP contribution in [0.2, 0.25) is 0 Å². The first-order valence-electron chi connectivity index (χ1n) is 6.18. The van der Waals surface area contributed by atoms with Crippen LogP contribution < -0.4 is 0 Å². The quantitative estimate of drug-likeness (QED) is 0.787. The smallest absolute Gasteiger partial charge is 0.175 e. The number of aromatic amines is 1. The van der Waals surface area contributed by atoms with E-state index < -0.39 is 9.84 Å². The average molecular weight is 297 g/mol. The molecule has 0 aliphatic carbocycles. The zero-order chi connectivity index (χ0) is 15.0. The molecule has 3 aromatic rings. The molecule has 104 valence electrons. The van der Waals surface area contributed by atoms with Crippen LogP contribution in [0.1, 0.15) is 5.56 Å². The molecule has 0 bridgehead atoms. The highest BCUT2D eigenvalue weighted by Crippen LogP contribution is 2.23. The molecule has 3 rings (SSSR count). The van der Waals surface area contributed by atoms with E-state index in [1.807, 2.05) is 6.07 Å². The van der Waals surface area contributed by atoms with Crippen molar-refractivity contribution in [3.05, 3.63) is 48.0 Å². The summed E-state index contributed by atoms with van der Waals surface area (Å²) in [5, 5.41) is 9.07. The van der Waals surface area contributed by atoms with Crippen LogP contribution in [0.15, 0.2) is 47.4 Å². The van der Waals surface area contributed by atoms with Gasteiger partial charge in [0.25, 0.3) is 0 Å². The van der Waals surface area contributed by atoms with Gasteiger partial charge in [0.2, 0.25) is 0 Å². The molecule has 0 fully saturated rings. The Hall–Kier alpha value is -2.65. The van der Waals surface area contributed by atoms with Gasteiger partial charge in [0.15, 0.2) is 9.84 Å². The molecule has 0 aliphatic rings. The molecule has 1 heterocycles. The number of hydrogen-bond acceptors (Lipinski definition) is 4. The van der Waals surface area contributed by atoms with Gasteiger partial charge in [-0.25, -0.2) is 13.4 Å². The van der Waals surface area contributed by atoms with Crippen LogP contribution in [0.4, 0.5) is 0 Å². The summed E-state index contributed by atoms with van der Waals surface area (Å²) in [5.74, 6) is 0.604. The molecule has 0 unspecified atom stereocenters. The monoisotopic (exact) mass is 297 g/mol. The van der Waals surface area contributed by atoms with Crippen LogP contribution in [0.25, 0.3) is 22.4 Å². The van der Waals surface area contributed by atoms with Crippen LogP contribution in [0, 0.1) is 11.3 Å². The van der Waals surface area contributed by atoms with Gasteiger partial charge in [-0.15, -0.1) is 0 Å². The van der Waals surface area contributed by atoms with Gasteiger partial charge in [0.05, 0.1) is 16.0 Å². The van der Waals surface area contributed by atoms with E-state index >= 15 is 0 Å². The number of nitriles is 1. The highest BCUT2D eigenvalue weighted by molar-refractivity contribution is 7.90. The van der Waals surface area contributed by atoms with Crippen molar-refractivity contribution in [1.82, 2.24) is 9.97 Å². The summed E-state index contributed by atoms with van der Waals surface area (Å²) in [6, 6.07) is 13.9. The molecule has 0 atom stereocenters. The highest BCUT2D eigenvalue weighted by Gasteiger charge is 2.10. The minimum atomic E-state index is -3.21. The Bertz CT molecular complexity index is 964. The summed E-state index contributed by atoms with van der Waals surface area (Å²) in [6.07, 6.45) is 1.17. The van der Waals surface area contributed by atoms with Crippen LogP contribution in [-0.4, -0.2) is 24.6 Å². The number of sulfone groups is 1. The summed E-state index contributed by atoms with van der Waals surface area (Å²) in [7, 11) is -3.21. The maximum Gasteiger partial charge on any atom is 0.175 e. The Kier molecular flexibility index (Phi) is 3.00. The molecule has 0 saturated heterocycles. The van der Waals surface area contributed by atoms with Gasteiger partial charge in [-0.1, -0.05) is 6.07 Å². The summed E-state index contributed by atoms with van der Waals surface area (Å²) in [6.45, 7) is 0. The van der Waals surface area contributed by atoms with Gasteiger partial charge in [0.1, 0.15) is 17.4 Å². The lowest BCUT2D eigenvalue weighted by molar-refractivity contribution is 0.602. The maximum absolute atomic E-state index is 11.4. The van der Waals surface area contributed by atoms with Crippen molar-refractivity contribution in [3.63, 3.8) is 0 Å². The van der Waals surface area contributed by atoms with E-state index in [0.717, 1.165) is 11.1 Å². The second-order valence-electron chi connectivity index (χ2n) is 4.70. The Balaban J connectivity index is 2.11. The first-order valence-corrected chi connectivity index (χ1v) is 8.07. The third kappa shape index (κ3) is 2.39. The minimum absolute atomic E-state index is 0.264. The number of imidazole rings is 1. The Labute approximate surface area is 121 Å². The average Bonchev–Trinajstić information content (AvgIpc) is 2.90. The molecule has 1 aromatic heterocycles. The van der Waals surface area contributed by atoms with E-state index in [1.165, 1.54) is 6.26 Å². The second kappa shape index (κ2) is 4.72. The van der Waals surface area contributed by atoms with E-state index in [9.17, 15) is 8.42 Å². The number of benzene rings is 2. The standard InChI is InChI=1S/C15H11N3O2S/c1-21(19,20)12-7-5-10(6-8-12)15-17-13-4-2-3-11(9-16)14(13)18-15/h2-8H,1H3,(H,17,18). The molecule has 6 heteroatoms. The number of para-hydroxylation sites is 1. The third-order valence-electron chi connectivity index (χ3n) is 3.19. The molecule has 0 amide bonds. The SMILES string of the molecule is CS(=O)(=O)c1ccc(-c2nc3c(C#N)cccc3[nH]2)cc1. The lowest BCUT2D eigenvalue weighted by Gasteiger charge is -1.99. The van der Waals surface area contributed by atoms with Crippen LogP contribution in [0.3, 0.4) is 0 Å². The van der Waals surface area contributed by atoms with E-state index in [4.69, 9.17) is 5.26 Å². The van der Waals surface area contributed by atoms with Gasteiger partial charge < -0.3 is 4.98 Å². The molecule has 0 aliphatic heterocycles. The van der Waals surface area contributed by atoms with Gasteiger partial charge in [-0.05, 0) is 36.4 Å². The summed E-state index contributed by atoms with van der Waals surface area (Å²) in [5.41, 5.74) is 2.66. The topological polar surface area (TPSA) is 86.6 Å². The van der Waals surface area contributed by atoms with E-state index in [-0.39, 0.29) is 4.90 Å². The third-order valence-corrected chi connectivity index (χ3v) is 4.32. The van der Waals surface area contributed by atoms with E-state index in [1.54, 1.807) is 36.4 Å². The number of rotatable bonds is 2. The lowest BCUT2D eigenvalue weighted by atomic mass is 10.2. The Morgan fingerprint density at radius 2 is 1.86 bits per heavy atom. The number of aromatic nitrogens is 2. The van der Waals surface area contributed by atoms with Crippen molar-refractivity contribution < 1.29 is 8.42 Å².